The number of hydrogen-bond acceptors (Lipinski definition) is 3. The van der Waals surface area contributed by atoms with E-state index in [1.165, 1.54) is 141 Å². The molecular formula is C56H97NO3. The number of carbonyl (C=O) groups excluding carboxylic acids is 1. The largest absolute Gasteiger partial charge is 0.394 e. The second-order valence-electron chi connectivity index (χ2n) is 16.8. The van der Waals surface area contributed by atoms with E-state index in [4.69, 9.17) is 0 Å². The van der Waals surface area contributed by atoms with Crippen LogP contribution in [0.5, 0.6) is 0 Å². The number of hydrogen-bond donors (Lipinski definition) is 3. The Kier molecular flexibility index (Phi) is 48.4. The minimum Gasteiger partial charge on any atom is -0.394 e. The highest BCUT2D eigenvalue weighted by Crippen LogP contribution is 2.15. The fourth-order valence-electron chi connectivity index (χ4n) is 7.20. The van der Waals surface area contributed by atoms with Gasteiger partial charge in [0.25, 0.3) is 0 Å². The lowest BCUT2D eigenvalue weighted by Crippen LogP contribution is -2.45. The lowest BCUT2D eigenvalue weighted by Gasteiger charge is -2.19. The van der Waals surface area contributed by atoms with Gasteiger partial charge in [-0.05, 0) is 83.5 Å². The van der Waals surface area contributed by atoms with Crippen molar-refractivity contribution in [1.29, 1.82) is 0 Å². The van der Waals surface area contributed by atoms with Gasteiger partial charge < -0.3 is 15.5 Å². The summed E-state index contributed by atoms with van der Waals surface area (Å²) in [6.45, 7) is 4.18. The molecular weight excluding hydrogens is 735 g/mol. The second kappa shape index (κ2) is 50.7. The van der Waals surface area contributed by atoms with Crippen molar-refractivity contribution in [2.75, 3.05) is 6.61 Å². The van der Waals surface area contributed by atoms with Crippen molar-refractivity contribution in [2.45, 2.75) is 244 Å². The van der Waals surface area contributed by atoms with E-state index < -0.39 is 12.1 Å². The number of carbonyl (C=O) groups is 1. The maximum Gasteiger partial charge on any atom is 0.220 e. The van der Waals surface area contributed by atoms with Crippen molar-refractivity contribution in [1.82, 2.24) is 5.32 Å². The van der Waals surface area contributed by atoms with Crippen LogP contribution in [0.25, 0.3) is 0 Å². The summed E-state index contributed by atoms with van der Waals surface area (Å²) < 4.78 is 0. The number of rotatable bonds is 45. The molecule has 0 aliphatic heterocycles. The van der Waals surface area contributed by atoms with E-state index in [2.05, 4.69) is 104 Å². The summed E-state index contributed by atoms with van der Waals surface area (Å²) in [5.74, 6) is -0.0818. The highest BCUT2D eigenvalue weighted by Gasteiger charge is 2.17. The predicted octanol–water partition coefficient (Wildman–Crippen LogP) is 16.6. The van der Waals surface area contributed by atoms with Crippen LogP contribution in [0.1, 0.15) is 232 Å². The van der Waals surface area contributed by atoms with Gasteiger partial charge in [-0.3, -0.25) is 4.79 Å². The van der Waals surface area contributed by atoms with Crippen LogP contribution < -0.4 is 5.32 Å². The second-order valence-corrected chi connectivity index (χ2v) is 16.8. The Labute approximate surface area is 373 Å². The average molecular weight is 832 g/mol. The van der Waals surface area contributed by atoms with Crippen LogP contribution in [-0.4, -0.2) is 34.9 Å². The van der Waals surface area contributed by atoms with Gasteiger partial charge in [0.05, 0.1) is 18.8 Å². The number of unbranched alkanes of at least 4 members (excludes halogenated alkanes) is 24. The molecule has 60 heavy (non-hydrogen) atoms. The van der Waals surface area contributed by atoms with Crippen molar-refractivity contribution >= 4 is 5.91 Å². The summed E-state index contributed by atoms with van der Waals surface area (Å²) in [6, 6.07) is -0.648. The normalized spacial score (nSPS) is 13.7. The van der Waals surface area contributed by atoms with Crippen molar-refractivity contribution < 1.29 is 15.0 Å². The van der Waals surface area contributed by atoms with E-state index in [0.29, 0.717) is 6.42 Å². The fraction of sp³-hybridized carbons (Fsp3) is 0.696. The molecule has 2 atom stereocenters. The van der Waals surface area contributed by atoms with Gasteiger partial charge in [-0.2, -0.15) is 0 Å². The Bertz CT molecular complexity index is 1130. The van der Waals surface area contributed by atoms with Gasteiger partial charge in [0.15, 0.2) is 0 Å². The molecule has 0 aliphatic rings. The Morgan fingerprint density at radius 2 is 0.750 bits per heavy atom. The topological polar surface area (TPSA) is 69.6 Å². The molecule has 344 valence electrons. The Morgan fingerprint density at radius 3 is 1.17 bits per heavy atom. The third kappa shape index (κ3) is 46.4. The van der Waals surface area contributed by atoms with Crippen LogP contribution in [0.3, 0.4) is 0 Å². The van der Waals surface area contributed by atoms with Gasteiger partial charge in [0.1, 0.15) is 0 Å². The number of aliphatic hydroxyl groups excluding tert-OH is 2. The molecule has 0 bridgehead atoms. The fourth-order valence-corrected chi connectivity index (χ4v) is 7.20. The zero-order valence-electron chi connectivity index (χ0n) is 39.4. The van der Waals surface area contributed by atoms with Gasteiger partial charge in [0.2, 0.25) is 5.91 Å². The molecule has 0 saturated heterocycles. The molecule has 0 aliphatic carbocycles. The number of nitrogens with one attached hydrogen (secondary N) is 1. The lowest BCUT2D eigenvalue weighted by molar-refractivity contribution is -0.123. The highest BCUT2D eigenvalue weighted by atomic mass is 16.3. The van der Waals surface area contributed by atoms with E-state index in [1.54, 1.807) is 6.08 Å². The first-order chi connectivity index (χ1) is 29.7. The molecule has 0 heterocycles. The zero-order valence-corrected chi connectivity index (χ0v) is 39.4. The van der Waals surface area contributed by atoms with Gasteiger partial charge in [-0.25, -0.2) is 0 Å². The number of amides is 1. The highest BCUT2D eigenvalue weighted by molar-refractivity contribution is 5.76. The first-order valence-electron chi connectivity index (χ1n) is 25.5. The Morgan fingerprint density at radius 1 is 0.417 bits per heavy atom. The van der Waals surface area contributed by atoms with Crippen molar-refractivity contribution in [2.24, 2.45) is 0 Å². The quantitative estimate of drug-likeness (QED) is 0.0423. The van der Waals surface area contributed by atoms with Gasteiger partial charge in [0, 0.05) is 6.42 Å². The van der Waals surface area contributed by atoms with Crippen LogP contribution in [0, 0.1) is 0 Å². The average Bonchev–Trinajstić information content (AvgIpc) is 3.25. The first kappa shape index (κ1) is 57.3. The van der Waals surface area contributed by atoms with E-state index in [0.717, 1.165) is 70.6 Å². The molecule has 0 radical (unpaired) electrons. The number of aliphatic hydroxyl groups is 2. The minimum atomic E-state index is -0.870. The van der Waals surface area contributed by atoms with Crippen LogP contribution in [0.15, 0.2) is 97.2 Å². The Hall–Kier alpha value is -2.69. The molecule has 4 nitrogen and oxygen atoms in total. The molecule has 0 aromatic carbocycles. The number of allylic oxidation sites excluding steroid dienone is 15. The third-order valence-electron chi connectivity index (χ3n) is 11.1. The maximum absolute atomic E-state index is 12.4. The summed E-state index contributed by atoms with van der Waals surface area (Å²) in [7, 11) is 0. The summed E-state index contributed by atoms with van der Waals surface area (Å²) >= 11 is 0. The van der Waals surface area contributed by atoms with Crippen molar-refractivity contribution in [3.63, 3.8) is 0 Å². The molecule has 3 N–H and O–H groups in total. The van der Waals surface area contributed by atoms with Gasteiger partial charge in [-0.1, -0.05) is 239 Å². The standard InChI is InChI=1S/C56H97NO3/c1-3-5-7-9-11-13-15-17-19-21-23-24-25-26-27-28-29-30-31-32-34-36-38-40-42-44-46-48-50-52-56(60)57-54(53-58)55(59)51-49-47-45-43-41-39-37-35-33-22-20-18-16-14-12-10-8-6-4-2/h5,7,11,13,17,19,23-24,26-27,29-30,41,43,49,51,54-55,58-59H,3-4,6,8-10,12,14-16,18,20-22,25,28,31-40,42,44-48,50,52-53H2,1-2H3,(H,57,60)/b7-5-,13-11-,19-17-,24-23-,27-26-,30-29-,43-41+,51-49+. The molecule has 0 aromatic rings. The smallest absolute Gasteiger partial charge is 0.220 e. The van der Waals surface area contributed by atoms with E-state index in [1.807, 2.05) is 6.08 Å². The van der Waals surface area contributed by atoms with Crippen LogP contribution in [0.4, 0.5) is 0 Å². The molecule has 0 fully saturated rings. The van der Waals surface area contributed by atoms with Crippen LogP contribution in [0.2, 0.25) is 0 Å². The van der Waals surface area contributed by atoms with Gasteiger partial charge >= 0.3 is 0 Å². The molecule has 1 amide bonds. The molecule has 0 aromatic heterocycles. The monoisotopic (exact) mass is 832 g/mol. The third-order valence-corrected chi connectivity index (χ3v) is 11.1. The summed E-state index contributed by atoms with van der Waals surface area (Å²) in [5, 5.41) is 23.1. The minimum absolute atomic E-state index is 0.0818. The van der Waals surface area contributed by atoms with Crippen molar-refractivity contribution in [3.8, 4) is 0 Å². The maximum atomic E-state index is 12.4. The predicted molar refractivity (Wildman–Crippen MR) is 266 cm³/mol. The summed E-state index contributed by atoms with van der Waals surface area (Å²) in [4.78, 5) is 12.4. The Balaban J connectivity index is 3.62. The first-order valence-corrected chi connectivity index (χ1v) is 25.5. The van der Waals surface area contributed by atoms with Crippen LogP contribution in [-0.2, 0) is 4.79 Å². The van der Waals surface area contributed by atoms with Crippen LogP contribution >= 0.6 is 0 Å². The molecule has 4 heteroatoms. The summed E-state index contributed by atoms with van der Waals surface area (Å²) in [6.07, 6.45) is 75.4. The summed E-state index contributed by atoms with van der Waals surface area (Å²) in [5.41, 5.74) is 0. The van der Waals surface area contributed by atoms with Crippen molar-refractivity contribution in [3.05, 3.63) is 97.2 Å². The molecule has 0 spiro atoms. The van der Waals surface area contributed by atoms with Gasteiger partial charge in [-0.15, -0.1) is 0 Å². The zero-order chi connectivity index (χ0) is 43.5. The van der Waals surface area contributed by atoms with E-state index in [-0.39, 0.29) is 12.5 Å². The molecule has 0 rings (SSSR count). The molecule has 2 unspecified atom stereocenters. The van der Waals surface area contributed by atoms with E-state index >= 15 is 0 Å². The lowest BCUT2D eigenvalue weighted by atomic mass is 10.0. The van der Waals surface area contributed by atoms with E-state index in [9.17, 15) is 15.0 Å². The molecule has 0 saturated carbocycles. The SMILES string of the molecule is CC/C=C\C/C=C\C/C=C\C/C=C\C/C=C\C/C=C\CCCCCCCCCCCCC(=O)NC(CO)C(O)/C=C/CC/C=C/CCCCCCCCCCCCCCC.